The summed E-state index contributed by atoms with van der Waals surface area (Å²) in [5.41, 5.74) is 6.31. The van der Waals surface area contributed by atoms with Crippen LogP contribution in [0.4, 0.5) is 0 Å². The molecule has 1 heterocycles. The lowest BCUT2D eigenvalue weighted by atomic mass is 9.75. The van der Waals surface area contributed by atoms with Gasteiger partial charge in [-0.05, 0) is 36.9 Å². The molecular weight excluding hydrogens is 252 g/mol. The molecule has 1 aromatic heterocycles. The highest BCUT2D eigenvalue weighted by molar-refractivity contribution is 4.97. The molecule has 0 amide bonds. The summed E-state index contributed by atoms with van der Waals surface area (Å²) < 4.78 is 0. The van der Waals surface area contributed by atoms with Crippen LogP contribution in [0, 0.1) is 5.92 Å². The van der Waals surface area contributed by atoms with Gasteiger partial charge in [0, 0.05) is 12.1 Å². The Hall–Kier alpha value is -1.01. The van der Waals surface area contributed by atoms with Crippen LogP contribution < -0.4 is 5.73 Å². The van der Waals surface area contributed by atoms with Crippen LogP contribution in [-0.2, 0) is 13.6 Å². The summed E-state index contributed by atoms with van der Waals surface area (Å²) in [6.45, 7) is 7.08. The van der Waals surface area contributed by atoms with Crippen molar-refractivity contribution in [2.24, 2.45) is 18.7 Å². The van der Waals surface area contributed by atoms with Gasteiger partial charge in [0.15, 0.2) is 5.82 Å². The third-order valence-electron chi connectivity index (χ3n) is 4.49. The summed E-state index contributed by atoms with van der Waals surface area (Å²) in [5.74, 6) is 1.55. The van der Waals surface area contributed by atoms with Crippen molar-refractivity contribution in [3.63, 3.8) is 0 Å². The fourth-order valence-corrected chi connectivity index (χ4v) is 3.55. The predicted molar refractivity (Wildman–Crippen MR) is 78.9 cm³/mol. The summed E-state index contributed by atoms with van der Waals surface area (Å²) in [6.07, 6.45) is 6.09. The van der Waals surface area contributed by atoms with Gasteiger partial charge >= 0.3 is 0 Å². The van der Waals surface area contributed by atoms with E-state index in [0.29, 0.717) is 0 Å². The van der Waals surface area contributed by atoms with Crippen molar-refractivity contribution in [3.05, 3.63) is 5.82 Å². The van der Waals surface area contributed by atoms with Gasteiger partial charge in [0.05, 0.1) is 13.6 Å². The van der Waals surface area contributed by atoms with Crippen LogP contribution >= 0.6 is 0 Å². The first-order chi connectivity index (χ1) is 9.59. The molecule has 2 unspecified atom stereocenters. The number of nitrogens with zero attached hydrogens (tertiary/aromatic N) is 5. The third-order valence-corrected chi connectivity index (χ3v) is 4.49. The number of rotatable bonds is 6. The molecule has 20 heavy (non-hydrogen) atoms. The first kappa shape index (κ1) is 15.4. The maximum absolute atomic E-state index is 6.19. The SMILES string of the molecule is CCCN(Cc1nnn(C)n1)C1(CN)CCCC(C)C1. The van der Waals surface area contributed by atoms with E-state index in [4.69, 9.17) is 5.73 Å². The second-order valence-electron chi connectivity index (χ2n) is 6.25. The fourth-order valence-electron chi connectivity index (χ4n) is 3.55. The van der Waals surface area contributed by atoms with E-state index in [1.165, 1.54) is 30.5 Å². The van der Waals surface area contributed by atoms with Crippen molar-refractivity contribution in [2.75, 3.05) is 13.1 Å². The molecule has 1 saturated carbocycles. The van der Waals surface area contributed by atoms with Gasteiger partial charge in [-0.25, -0.2) is 0 Å². The standard InChI is InChI=1S/C14H28N6/c1-4-8-20(10-13-16-18-19(3)17-13)14(11-15)7-5-6-12(2)9-14/h12H,4-11,15H2,1-3H3. The first-order valence-corrected chi connectivity index (χ1v) is 7.77. The lowest BCUT2D eigenvalue weighted by molar-refractivity contribution is 0.0301. The molecule has 114 valence electrons. The van der Waals surface area contributed by atoms with E-state index in [1.807, 2.05) is 7.05 Å². The smallest absolute Gasteiger partial charge is 0.188 e. The summed E-state index contributed by atoms with van der Waals surface area (Å²) in [5, 5.41) is 12.4. The molecule has 1 fully saturated rings. The zero-order valence-electron chi connectivity index (χ0n) is 13.0. The Balaban J connectivity index is 2.16. The molecule has 1 aliphatic carbocycles. The highest BCUT2D eigenvalue weighted by Crippen LogP contribution is 2.36. The number of nitrogens with two attached hydrogens (primary N) is 1. The Morgan fingerprint density at radius 1 is 1.50 bits per heavy atom. The summed E-state index contributed by atoms with van der Waals surface area (Å²) in [7, 11) is 1.81. The lowest BCUT2D eigenvalue weighted by Gasteiger charge is -2.47. The van der Waals surface area contributed by atoms with Gasteiger partial charge in [-0.1, -0.05) is 26.7 Å². The van der Waals surface area contributed by atoms with E-state index in [-0.39, 0.29) is 5.54 Å². The van der Waals surface area contributed by atoms with Crippen LogP contribution in [0.5, 0.6) is 0 Å². The maximum Gasteiger partial charge on any atom is 0.188 e. The molecule has 2 N–H and O–H groups in total. The summed E-state index contributed by atoms with van der Waals surface area (Å²) >= 11 is 0. The Morgan fingerprint density at radius 2 is 2.30 bits per heavy atom. The minimum atomic E-state index is 0.118. The Kier molecular flexibility index (Phi) is 5.10. The molecule has 0 aromatic carbocycles. The summed E-state index contributed by atoms with van der Waals surface area (Å²) in [4.78, 5) is 4.03. The number of tetrazole rings is 1. The van der Waals surface area contributed by atoms with Crippen LogP contribution in [0.2, 0.25) is 0 Å². The maximum atomic E-state index is 6.19. The quantitative estimate of drug-likeness (QED) is 0.851. The average Bonchev–Trinajstić information content (AvgIpc) is 2.83. The number of aromatic nitrogens is 4. The van der Waals surface area contributed by atoms with Crippen LogP contribution in [0.25, 0.3) is 0 Å². The van der Waals surface area contributed by atoms with E-state index in [9.17, 15) is 0 Å². The van der Waals surface area contributed by atoms with E-state index in [0.717, 1.165) is 37.8 Å². The molecule has 0 aliphatic heterocycles. The normalized spacial score (nSPS) is 27.1. The Bertz CT molecular complexity index is 418. The van der Waals surface area contributed by atoms with Gasteiger partial charge < -0.3 is 5.73 Å². The lowest BCUT2D eigenvalue weighted by Crippen LogP contribution is -2.56. The Labute approximate surface area is 121 Å². The zero-order valence-corrected chi connectivity index (χ0v) is 13.0. The zero-order chi connectivity index (χ0) is 14.6. The van der Waals surface area contributed by atoms with Gasteiger partial charge in [-0.2, -0.15) is 4.80 Å². The highest BCUT2D eigenvalue weighted by Gasteiger charge is 2.39. The fraction of sp³-hybridized carbons (Fsp3) is 0.929. The molecule has 2 atom stereocenters. The van der Waals surface area contributed by atoms with Gasteiger partial charge in [-0.15, -0.1) is 10.2 Å². The molecule has 0 spiro atoms. The third kappa shape index (κ3) is 3.35. The molecule has 1 aliphatic rings. The molecule has 6 nitrogen and oxygen atoms in total. The molecule has 0 saturated heterocycles. The second-order valence-corrected chi connectivity index (χ2v) is 6.25. The summed E-state index contributed by atoms with van der Waals surface area (Å²) in [6, 6.07) is 0. The van der Waals surface area contributed by atoms with Gasteiger partial charge in [0.1, 0.15) is 0 Å². The topological polar surface area (TPSA) is 72.9 Å². The van der Waals surface area contributed by atoms with Gasteiger partial charge in [0.25, 0.3) is 0 Å². The number of hydrogen-bond donors (Lipinski definition) is 1. The Morgan fingerprint density at radius 3 is 2.85 bits per heavy atom. The van der Waals surface area contributed by atoms with Crippen molar-refractivity contribution < 1.29 is 0 Å². The molecule has 0 bridgehead atoms. The number of aryl methyl sites for hydroxylation is 1. The van der Waals surface area contributed by atoms with E-state index >= 15 is 0 Å². The van der Waals surface area contributed by atoms with Crippen molar-refractivity contribution >= 4 is 0 Å². The van der Waals surface area contributed by atoms with E-state index < -0.39 is 0 Å². The van der Waals surface area contributed by atoms with Gasteiger partial charge in [-0.3, -0.25) is 4.90 Å². The average molecular weight is 280 g/mol. The first-order valence-electron chi connectivity index (χ1n) is 7.77. The van der Waals surface area contributed by atoms with Crippen LogP contribution in [0.15, 0.2) is 0 Å². The second kappa shape index (κ2) is 6.63. The van der Waals surface area contributed by atoms with Crippen molar-refractivity contribution in [1.82, 2.24) is 25.1 Å². The predicted octanol–water partition coefficient (Wildman–Crippen LogP) is 1.33. The minimum absolute atomic E-state index is 0.118. The highest BCUT2D eigenvalue weighted by atomic mass is 15.6. The van der Waals surface area contributed by atoms with Crippen LogP contribution in [-0.4, -0.2) is 43.7 Å². The van der Waals surface area contributed by atoms with Crippen LogP contribution in [0.3, 0.4) is 0 Å². The van der Waals surface area contributed by atoms with Crippen molar-refractivity contribution in [1.29, 1.82) is 0 Å². The largest absolute Gasteiger partial charge is 0.329 e. The van der Waals surface area contributed by atoms with Crippen molar-refractivity contribution in [2.45, 2.75) is 58.0 Å². The van der Waals surface area contributed by atoms with E-state index in [2.05, 4.69) is 34.2 Å². The van der Waals surface area contributed by atoms with Gasteiger partial charge in [0.2, 0.25) is 0 Å². The van der Waals surface area contributed by atoms with Crippen LogP contribution in [0.1, 0.15) is 51.8 Å². The molecular formula is C14H28N6. The molecule has 0 radical (unpaired) electrons. The van der Waals surface area contributed by atoms with E-state index in [1.54, 1.807) is 0 Å². The molecule has 6 heteroatoms. The molecule has 1 aromatic rings. The van der Waals surface area contributed by atoms with Crippen molar-refractivity contribution in [3.8, 4) is 0 Å². The minimum Gasteiger partial charge on any atom is -0.329 e. The number of hydrogen-bond acceptors (Lipinski definition) is 5. The monoisotopic (exact) mass is 280 g/mol. The molecule has 2 rings (SSSR count).